The molecule has 1 aromatic carbocycles. The number of hydrogen-bond donors (Lipinski definition) is 2. The first-order chi connectivity index (χ1) is 9.10. The van der Waals surface area contributed by atoms with Crippen molar-refractivity contribution in [3.63, 3.8) is 0 Å². The Kier molecular flexibility index (Phi) is 5.62. The summed E-state index contributed by atoms with van der Waals surface area (Å²) in [5.41, 5.74) is 3.24. The molecule has 0 saturated carbocycles. The summed E-state index contributed by atoms with van der Waals surface area (Å²) in [4.78, 5) is 11.7. The Morgan fingerprint density at radius 3 is 2.79 bits per heavy atom. The number of nitrogens with one attached hydrogen (secondary N) is 2. The summed E-state index contributed by atoms with van der Waals surface area (Å²) in [6.07, 6.45) is 2.29. The topological polar surface area (TPSA) is 64.9 Å². The molecular weight excluding hydrogens is 238 g/mol. The normalized spacial score (nSPS) is 10.7. The number of nitrogens with zero attached hydrogens (tertiary/aromatic N) is 1. The SMILES string of the molecule is CCCNC(=O)/C(C#N)=C\Nc1cccc(C)c1C. The van der Waals surface area contributed by atoms with Crippen molar-refractivity contribution in [3.8, 4) is 6.07 Å². The molecule has 0 fully saturated rings. The van der Waals surface area contributed by atoms with E-state index < -0.39 is 0 Å². The third-order valence-electron chi connectivity index (χ3n) is 2.88. The molecule has 0 atom stereocenters. The van der Waals surface area contributed by atoms with Gasteiger partial charge in [0.2, 0.25) is 0 Å². The molecule has 2 N–H and O–H groups in total. The van der Waals surface area contributed by atoms with Crippen molar-refractivity contribution in [1.82, 2.24) is 5.32 Å². The second-order valence-corrected chi connectivity index (χ2v) is 4.32. The first kappa shape index (κ1) is 14.8. The molecule has 0 aromatic heterocycles. The molecular formula is C15H19N3O. The van der Waals surface area contributed by atoms with Crippen molar-refractivity contribution < 1.29 is 4.79 Å². The molecule has 0 aliphatic rings. The fourth-order valence-corrected chi connectivity index (χ4v) is 1.54. The standard InChI is InChI=1S/C15H19N3O/c1-4-8-17-15(19)13(9-16)10-18-14-7-5-6-11(2)12(14)3/h5-7,10,18H,4,8H2,1-3H3,(H,17,19)/b13-10-. The first-order valence-corrected chi connectivity index (χ1v) is 6.31. The Balaban J connectivity index is 2.81. The molecule has 100 valence electrons. The molecule has 0 spiro atoms. The van der Waals surface area contributed by atoms with Crippen LogP contribution in [0.1, 0.15) is 24.5 Å². The molecule has 0 saturated heterocycles. The first-order valence-electron chi connectivity index (χ1n) is 6.31. The second kappa shape index (κ2) is 7.22. The van der Waals surface area contributed by atoms with E-state index in [0.717, 1.165) is 23.2 Å². The summed E-state index contributed by atoms with van der Waals surface area (Å²) in [5.74, 6) is -0.345. The van der Waals surface area contributed by atoms with E-state index in [9.17, 15) is 4.79 Å². The monoisotopic (exact) mass is 257 g/mol. The maximum atomic E-state index is 11.7. The van der Waals surface area contributed by atoms with E-state index in [1.165, 1.54) is 6.20 Å². The van der Waals surface area contributed by atoms with Crippen LogP contribution in [0.3, 0.4) is 0 Å². The fraction of sp³-hybridized carbons (Fsp3) is 0.333. The van der Waals surface area contributed by atoms with Crippen molar-refractivity contribution in [1.29, 1.82) is 5.26 Å². The van der Waals surface area contributed by atoms with Gasteiger partial charge < -0.3 is 10.6 Å². The average molecular weight is 257 g/mol. The largest absolute Gasteiger partial charge is 0.360 e. The minimum Gasteiger partial charge on any atom is -0.360 e. The molecule has 1 amide bonds. The van der Waals surface area contributed by atoms with Crippen LogP contribution in [0.15, 0.2) is 30.0 Å². The number of nitriles is 1. The Bertz CT molecular complexity index is 527. The molecule has 4 heteroatoms. The van der Waals surface area contributed by atoms with E-state index in [1.54, 1.807) is 0 Å². The van der Waals surface area contributed by atoms with Gasteiger partial charge in [0.15, 0.2) is 0 Å². The van der Waals surface area contributed by atoms with Crippen LogP contribution in [0.4, 0.5) is 5.69 Å². The van der Waals surface area contributed by atoms with Crippen molar-refractivity contribution in [2.45, 2.75) is 27.2 Å². The van der Waals surface area contributed by atoms with Gasteiger partial charge in [-0.2, -0.15) is 5.26 Å². The minimum atomic E-state index is -0.345. The molecule has 0 heterocycles. The molecule has 0 bridgehead atoms. The highest BCUT2D eigenvalue weighted by atomic mass is 16.1. The summed E-state index contributed by atoms with van der Waals surface area (Å²) >= 11 is 0. The lowest BCUT2D eigenvalue weighted by atomic mass is 10.1. The maximum absolute atomic E-state index is 11.7. The third kappa shape index (κ3) is 4.14. The predicted octanol–water partition coefficient (Wildman–Crippen LogP) is 2.65. The van der Waals surface area contributed by atoms with E-state index >= 15 is 0 Å². The summed E-state index contributed by atoms with van der Waals surface area (Å²) < 4.78 is 0. The highest BCUT2D eigenvalue weighted by Crippen LogP contribution is 2.18. The summed E-state index contributed by atoms with van der Waals surface area (Å²) in [6, 6.07) is 7.77. The zero-order valence-electron chi connectivity index (χ0n) is 11.6. The number of aryl methyl sites for hydroxylation is 1. The van der Waals surface area contributed by atoms with Gasteiger partial charge in [-0.15, -0.1) is 0 Å². The number of hydrogen-bond acceptors (Lipinski definition) is 3. The number of amides is 1. The lowest BCUT2D eigenvalue weighted by Gasteiger charge is -2.08. The van der Waals surface area contributed by atoms with Crippen LogP contribution in [0, 0.1) is 25.2 Å². The number of rotatable bonds is 5. The van der Waals surface area contributed by atoms with E-state index in [0.29, 0.717) is 6.54 Å². The molecule has 0 unspecified atom stereocenters. The Hall–Kier alpha value is -2.28. The minimum absolute atomic E-state index is 0.0781. The third-order valence-corrected chi connectivity index (χ3v) is 2.88. The van der Waals surface area contributed by atoms with Crippen molar-refractivity contribution in [2.24, 2.45) is 0 Å². The second-order valence-electron chi connectivity index (χ2n) is 4.32. The molecule has 4 nitrogen and oxygen atoms in total. The zero-order valence-corrected chi connectivity index (χ0v) is 11.6. The molecule has 1 aromatic rings. The smallest absolute Gasteiger partial charge is 0.263 e. The van der Waals surface area contributed by atoms with Crippen molar-refractivity contribution >= 4 is 11.6 Å². The van der Waals surface area contributed by atoms with Crippen LogP contribution in [-0.2, 0) is 4.79 Å². The van der Waals surface area contributed by atoms with Crippen LogP contribution in [0.25, 0.3) is 0 Å². The number of benzene rings is 1. The van der Waals surface area contributed by atoms with Gasteiger partial charge in [-0.1, -0.05) is 19.1 Å². The molecule has 19 heavy (non-hydrogen) atoms. The van der Waals surface area contributed by atoms with Crippen LogP contribution >= 0.6 is 0 Å². The quantitative estimate of drug-likeness (QED) is 0.629. The van der Waals surface area contributed by atoms with Gasteiger partial charge in [-0.05, 0) is 37.5 Å². The Morgan fingerprint density at radius 2 is 2.16 bits per heavy atom. The summed E-state index contributed by atoms with van der Waals surface area (Å²) in [5, 5.41) is 14.7. The lowest BCUT2D eigenvalue weighted by Crippen LogP contribution is -2.25. The molecule has 0 aliphatic carbocycles. The van der Waals surface area contributed by atoms with Crippen LogP contribution in [0.5, 0.6) is 0 Å². The van der Waals surface area contributed by atoms with E-state index in [-0.39, 0.29) is 11.5 Å². The van der Waals surface area contributed by atoms with Crippen LogP contribution < -0.4 is 10.6 Å². The highest BCUT2D eigenvalue weighted by Gasteiger charge is 2.07. The van der Waals surface area contributed by atoms with Gasteiger partial charge >= 0.3 is 0 Å². The van der Waals surface area contributed by atoms with E-state index in [2.05, 4.69) is 10.6 Å². The Labute approximate surface area is 114 Å². The van der Waals surface area contributed by atoms with E-state index in [1.807, 2.05) is 45.0 Å². The van der Waals surface area contributed by atoms with Gasteiger partial charge in [0.05, 0.1) is 0 Å². The number of carbonyl (C=O) groups is 1. The van der Waals surface area contributed by atoms with Gasteiger partial charge in [0, 0.05) is 18.4 Å². The van der Waals surface area contributed by atoms with Gasteiger partial charge in [-0.3, -0.25) is 4.79 Å². The predicted molar refractivity (Wildman–Crippen MR) is 76.5 cm³/mol. The van der Waals surface area contributed by atoms with Gasteiger partial charge in [0.1, 0.15) is 11.6 Å². The summed E-state index contributed by atoms with van der Waals surface area (Å²) in [6.45, 7) is 6.55. The van der Waals surface area contributed by atoms with Crippen LogP contribution in [-0.4, -0.2) is 12.5 Å². The lowest BCUT2D eigenvalue weighted by molar-refractivity contribution is -0.117. The summed E-state index contributed by atoms with van der Waals surface area (Å²) in [7, 11) is 0. The van der Waals surface area contributed by atoms with Crippen molar-refractivity contribution in [3.05, 3.63) is 41.1 Å². The van der Waals surface area contributed by atoms with Crippen molar-refractivity contribution in [2.75, 3.05) is 11.9 Å². The van der Waals surface area contributed by atoms with Gasteiger partial charge in [-0.25, -0.2) is 0 Å². The Morgan fingerprint density at radius 1 is 1.42 bits per heavy atom. The van der Waals surface area contributed by atoms with Gasteiger partial charge in [0.25, 0.3) is 5.91 Å². The maximum Gasteiger partial charge on any atom is 0.263 e. The number of carbonyl (C=O) groups excluding carboxylic acids is 1. The highest BCUT2D eigenvalue weighted by molar-refractivity contribution is 5.97. The average Bonchev–Trinajstić information content (AvgIpc) is 2.41. The molecule has 1 rings (SSSR count). The molecule has 0 aliphatic heterocycles. The van der Waals surface area contributed by atoms with Crippen LogP contribution in [0.2, 0.25) is 0 Å². The van der Waals surface area contributed by atoms with E-state index in [4.69, 9.17) is 5.26 Å². The number of anilines is 1. The molecule has 0 radical (unpaired) electrons. The zero-order chi connectivity index (χ0) is 14.3. The fourth-order valence-electron chi connectivity index (χ4n) is 1.54.